The van der Waals surface area contributed by atoms with Gasteiger partial charge in [0.2, 0.25) is 0 Å². The van der Waals surface area contributed by atoms with Crippen molar-refractivity contribution in [2.45, 2.75) is 78.6 Å². The van der Waals surface area contributed by atoms with Crippen LogP contribution in [0.1, 0.15) is 84.1 Å². The van der Waals surface area contributed by atoms with Crippen molar-refractivity contribution in [3.63, 3.8) is 0 Å². The van der Waals surface area contributed by atoms with Gasteiger partial charge in [-0.15, -0.1) is 0 Å². The summed E-state index contributed by atoms with van der Waals surface area (Å²) >= 11 is 0. The highest BCUT2D eigenvalue weighted by molar-refractivity contribution is 5.68. The fourth-order valence-electron chi connectivity index (χ4n) is 2.73. The van der Waals surface area contributed by atoms with Gasteiger partial charge in [0.05, 0.1) is 0 Å². The maximum absolute atomic E-state index is 2.30. The average molecular weight is 272 g/mol. The third kappa shape index (κ3) is 5.94. The molecule has 0 saturated carbocycles. The number of benzene rings is 1. The predicted molar refractivity (Wildman–Crippen MR) is 91.9 cm³/mol. The van der Waals surface area contributed by atoms with Crippen LogP contribution in [-0.2, 0) is 0 Å². The number of rotatable bonds is 10. The molecule has 0 heterocycles. The van der Waals surface area contributed by atoms with E-state index in [0.717, 1.165) is 0 Å². The molecular weight excluding hydrogens is 240 g/mol. The van der Waals surface area contributed by atoms with Gasteiger partial charge >= 0.3 is 0 Å². The molecule has 0 spiro atoms. The van der Waals surface area contributed by atoms with Crippen LogP contribution >= 0.6 is 0 Å². The van der Waals surface area contributed by atoms with Gasteiger partial charge < -0.3 is 0 Å². The highest BCUT2D eigenvalue weighted by Crippen LogP contribution is 2.30. The quantitative estimate of drug-likeness (QED) is 0.429. The van der Waals surface area contributed by atoms with E-state index in [-0.39, 0.29) is 0 Å². The van der Waals surface area contributed by atoms with E-state index < -0.39 is 0 Å². The Hall–Kier alpha value is -1.04. The van der Waals surface area contributed by atoms with Gasteiger partial charge in [-0.05, 0) is 49.7 Å². The van der Waals surface area contributed by atoms with Crippen molar-refractivity contribution < 1.29 is 0 Å². The van der Waals surface area contributed by atoms with Crippen molar-refractivity contribution in [3.8, 4) is 0 Å². The molecule has 0 nitrogen and oxygen atoms in total. The summed E-state index contributed by atoms with van der Waals surface area (Å²) in [5.41, 5.74) is 4.84. The van der Waals surface area contributed by atoms with Gasteiger partial charge in [-0.25, -0.2) is 0 Å². The largest absolute Gasteiger partial charge is 0.0664 e. The van der Waals surface area contributed by atoms with Gasteiger partial charge in [-0.1, -0.05) is 75.9 Å². The second-order valence-corrected chi connectivity index (χ2v) is 5.76. The Morgan fingerprint density at radius 1 is 0.700 bits per heavy atom. The molecular formula is C20H32. The van der Waals surface area contributed by atoms with E-state index in [1.165, 1.54) is 63.4 Å². The number of allylic oxidation sites excluding steroid dienone is 2. The molecule has 0 aromatic heterocycles. The van der Waals surface area contributed by atoms with Crippen LogP contribution < -0.4 is 0 Å². The summed E-state index contributed by atoms with van der Waals surface area (Å²) in [5.74, 6) is 0. The Labute approximate surface area is 126 Å². The lowest BCUT2D eigenvalue weighted by molar-refractivity contribution is 0.707. The fraction of sp³-hybridized carbons (Fsp3) is 0.600. The zero-order valence-electron chi connectivity index (χ0n) is 13.8. The zero-order chi connectivity index (χ0) is 14.6. The second-order valence-electron chi connectivity index (χ2n) is 5.76. The highest BCUT2D eigenvalue weighted by atomic mass is 14.1. The van der Waals surface area contributed by atoms with E-state index >= 15 is 0 Å². The molecule has 0 bridgehead atoms. The lowest BCUT2D eigenvalue weighted by Gasteiger charge is -2.16. The third-order valence-electron chi connectivity index (χ3n) is 3.99. The summed E-state index contributed by atoms with van der Waals surface area (Å²) in [4.78, 5) is 0. The summed E-state index contributed by atoms with van der Waals surface area (Å²) in [6.07, 6.45) is 11.7. The number of hydrogen-bond acceptors (Lipinski definition) is 0. The van der Waals surface area contributed by atoms with Crippen LogP contribution in [0, 0.1) is 0 Å². The van der Waals surface area contributed by atoms with Crippen molar-refractivity contribution in [1.29, 1.82) is 0 Å². The van der Waals surface area contributed by atoms with Gasteiger partial charge in [-0.3, -0.25) is 0 Å². The topological polar surface area (TPSA) is 0 Å². The SMILES string of the molecule is CCCCC(CCCC)=C(CCCC)c1ccccc1. The normalized spacial score (nSPS) is 10.6. The van der Waals surface area contributed by atoms with E-state index in [4.69, 9.17) is 0 Å². The van der Waals surface area contributed by atoms with Crippen molar-refractivity contribution in [2.24, 2.45) is 0 Å². The van der Waals surface area contributed by atoms with E-state index in [9.17, 15) is 0 Å². The van der Waals surface area contributed by atoms with Gasteiger partial charge in [0.25, 0.3) is 0 Å². The Morgan fingerprint density at radius 2 is 1.20 bits per heavy atom. The smallest absolute Gasteiger partial charge is 0.0225 e. The first kappa shape index (κ1) is 17.0. The summed E-state index contributed by atoms with van der Waals surface area (Å²) in [6.45, 7) is 6.89. The van der Waals surface area contributed by atoms with E-state index in [2.05, 4.69) is 51.1 Å². The Balaban J connectivity index is 3.00. The maximum Gasteiger partial charge on any atom is -0.0225 e. The van der Waals surface area contributed by atoms with Crippen LogP contribution in [0.25, 0.3) is 5.57 Å². The van der Waals surface area contributed by atoms with Crippen LogP contribution in [0.2, 0.25) is 0 Å². The second kappa shape index (κ2) is 10.7. The van der Waals surface area contributed by atoms with Crippen molar-refractivity contribution in [3.05, 3.63) is 41.5 Å². The molecule has 0 unspecified atom stereocenters. The Morgan fingerprint density at radius 3 is 1.70 bits per heavy atom. The molecule has 1 aromatic carbocycles. The van der Waals surface area contributed by atoms with Crippen LogP contribution in [0.4, 0.5) is 0 Å². The van der Waals surface area contributed by atoms with Crippen LogP contribution in [0.15, 0.2) is 35.9 Å². The molecule has 0 aliphatic carbocycles. The number of hydrogen-bond donors (Lipinski definition) is 0. The van der Waals surface area contributed by atoms with Crippen molar-refractivity contribution >= 4 is 5.57 Å². The standard InChI is InChI=1S/C20H32/c1-4-7-13-18(14-8-5-2)20(17-9-6-3)19-15-11-10-12-16-19/h10-12,15-16H,4-9,13-14,17H2,1-3H3. The molecule has 1 aromatic rings. The molecule has 0 aliphatic heterocycles. The molecule has 0 heteroatoms. The van der Waals surface area contributed by atoms with Crippen molar-refractivity contribution in [1.82, 2.24) is 0 Å². The molecule has 0 N–H and O–H groups in total. The minimum atomic E-state index is 1.25. The van der Waals surface area contributed by atoms with Crippen molar-refractivity contribution in [2.75, 3.05) is 0 Å². The number of unbranched alkanes of at least 4 members (excludes halogenated alkanes) is 3. The summed E-state index contributed by atoms with van der Waals surface area (Å²) in [5, 5.41) is 0. The first-order valence-electron chi connectivity index (χ1n) is 8.59. The first-order chi connectivity index (χ1) is 9.83. The first-order valence-corrected chi connectivity index (χ1v) is 8.59. The minimum Gasteiger partial charge on any atom is -0.0664 e. The van der Waals surface area contributed by atoms with Crippen LogP contribution in [0.5, 0.6) is 0 Å². The lowest BCUT2D eigenvalue weighted by atomic mass is 9.89. The molecule has 0 fully saturated rings. The molecule has 1 rings (SSSR count). The Kier molecular flexibility index (Phi) is 9.11. The molecule has 0 aliphatic rings. The summed E-state index contributed by atoms with van der Waals surface area (Å²) in [7, 11) is 0. The van der Waals surface area contributed by atoms with Gasteiger partial charge in [0, 0.05) is 0 Å². The molecule has 112 valence electrons. The van der Waals surface area contributed by atoms with E-state index in [1.54, 1.807) is 11.1 Å². The third-order valence-corrected chi connectivity index (χ3v) is 3.99. The minimum absolute atomic E-state index is 1.25. The van der Waals surface area contributed by atoms with Crippen LogP contribution in [-0.4, -0.2) is 0 Å². The average Bonchev–Trinajstić information content (AvgIpc) is 2.50. The lowest BCUT2D eigenvalue weighted by Crippen LogP contribution is -1.95. The van der Waals surface area contributed by atoms with Gasteiger partial charge in [0.1, 0.15) is 0 Å². The van der Waals surface area contributed by atoms with Crippen LogP contribution in [0.3, 0.4) is 0 Å². The maximum atomic E-state index is 2.30. The monoisotopic (exact) mass is 272 g/mol. The van der Waals surface area contributed by atoms with E-state index in [0.29, 0.717) is 0 Å². The Bertz CT molecular complexity index is 362. The fourth-order valence-corrected chi connectivity index (χ4v) is 2.73. The molecule has 0 saturated heterocycles. The van der Waals surface area contributed by atoms with Gasteiger partial charge in [-0.2, -0.15) is 0 Å². The summed E-state index contributed by atoms with van der Waals surface area (Å²) in [6, 6.07) is 11.1. The summed E-state index contributed by atoms with van der Waals surface area (Å²) < 4.78 is 0. The molecule has 0 radical (unpaired) electrons. The predicted octanol–water partition coefficient (Wildman–Crippen LogP) is 7.01. The molecule has 20 heavy (non-hydrogen) atoms. The molecule has 0 atom stereocenters. The highest BCUT2D eigenvalue weighted by Gasteiger charge is 2.09. The van der Waals surface area contributed by atoms with E-state index in [1.807, 2.05) is 0 Å². The molecule has 0 amide bonds. The zero-order valence-corrected chi connectivity index (χ0v) is 13.8. The van der Waals surface area contributed by atoms with Gasteiger partial charge in [0.15, 0.2) is 0 Å².